The minimum Gasteiger partial charge on any atom is -0.493 e. The standard InChI is InChI=1S/C24H30N2O5/c1-29-21-11-5-6-12-22(21)31-17-14-25-24(28)19-8-7-15-26(18-19)23(27)13-16-30-20-9-3-2-4-10-20/h2-6,9-12,19H,7-8,13-18H2,1H3,(H,25,28). The van der Waals surface area contributed by atoms with Crippen molar-refractivity contribution in [2.75, 3.05) is 40.0 Å². The van der Waals surface area contributed by atoms with Crippen LogP contribution in [0.2, 0.25) is 0 Å². The minimum atomic E-state index is -0.195. The number of ether oxygens (including phenoxy) is 3. The SMILES string of the molecule is COc1ccccc1OCCNC(=O)C1CCCN(C(=O)CCOc2ccccc2)C1. The van der Waals surface area contributed by atoms with Crippen LogP contribution in [-0.2, 0) is 9.59 Å². The minimum absolute atomic E-state index is 0.0212. The van der Waals surface area contributed by atoms with Gasteiger partial charge in [-0.25, -0.2) is 0 Å². The zero-order chi connectivity index (χ0) is 21.9. The molecule has 1 aliphatic rings. The summed E-state index contributed by atoms with van der Waals surface area (Å²) in [7, 11) is 1.59. The molecule has 0 saturated carbocycles. The van der Waals surface area contributed by atoms with Crippen molar-refractivity contribution < 1.29 is 23.8 Å². The first-order chi connectivity index (χ1) is 15.2. The van der Waals surface area contributed by atoms with E-state index in [9.17, 15) is 9.59 Å². The highest BCUT2D eigenvalue weighted by Crippen LogP contribution is 2.25. The number of amides is 2. The van der Waals surface area contributed by atoms with Gasteiger partial charge in [0.1, 0.15) is 12.4 Å². The second kappa shape index (κ2) is 11.8. The second-order valence-corrected chi connectivity index (χ2v) is 7.38. The van der Waals surface area contributed by atoms with Crippen molar-refractivity contribution in [3.8, 4) is 17.2 Å². The third-order valence-corrected chi connectivity index (χ3v) is 5.20. The number of para-hydroxylation sites is 3. The van der Waals surface area contributed by atoms with Crippen LogP contribution in [0.5, 0.6) is 17.2 Å². The number of piperidine rings is 1. The van der Waals surface area contributed by atoms with Crippen molar-refractivity contribution in [2.24, 2.45) is 5.92 Å². The summed E-state index contributed by atoms with van der Waals surface area (Å²) in [5.41, 5.74) is 0. The number of carbonyl (C=O) groups excluding carboxylic acids is 2. The van der Waals surface area contributed by atoms with E-state index in [1.54, 1.807) is 12.0 Å². The number of methoxy groups -OCH3 is 1. The van der Waals surface area contributed by atoms with Crippen molar-refractivity contribution in [1.29, 1.82) is 0 Å². The molecule has 1 saturated heterocycles. The van der Waals surface area contributed by atoms with Crippen molar-refractivity contribution in [3.05, 3.63) is 54.6 Å². The molecule has 1 aliphatic heterocycles. The molecule has 0 spiro atoms. The summed E-state index contributed by atoms with van der Waals surface area (Å²) in [6.07, 6.45) is 1.90. The third-order valence-electron chi connectivity index (χ3n) is 5.20. The Morgan fingerprint density at radius 3 is 2.52 bits per heavy atom. The number of hydrogen-bond acceptors (Lipinski definition) is 5. The summed E-state index contributed by atoms with van der Waals surface area (Å²) >= 11 is 0. The lowest BCUT2D eigenvalue weighted by Crippen LogP contribution is -2.46. The number of rotatable bonds is 10. The fourth-order valence-corrected chi connectivity index (χ4v) is 3.57. The summed E-state index contributed by atoms with van der Waals surface area (Å²) < 4.78 is 16.5. The predicted octanol–water partition coefficient (Wildman–Crippen LogP) is 2.90. The Bertz CT molecular complexity index is 843. The van der Waals surface area contributed by atoms with Gasteiger partial charge < -0.3 is 24.4 Å². The number of nitrogens with zero attached hydrogens (tertiary/aromatic N) is 1. The Kier molecular flexibility index (Phi) is 8.58. The molecule has 1 N–H and O–H groups in total. The van der Waals surface area contributed by atoms with E-state index in [1.165, 1.54) is 0 Å². The molecule has 2 aromatic rings. The molecule has 1 heterocycles. The first-order valence-corrected chi connectivity index (χ1v) is 10.7. The van der Waals surface area contributed by atoms with E-state index >= 15 is 0 Å². The molecule has 0 bridgehead atoms. The van der Waals surface area contributed by atoms with E-state index in [-0.39, 0.29) is 17.7 Å². The monoisotopic (exact) mass is 426 g/mol. The molecule has 7 nitrogen and oxygen atoms in total. The molecule has 1 unspecified atom stereocenters. The molecule has 1 atom stereocenters. The molecule has 2 aromatic carbocycles. The summed E-state index contributed by atoms with van der Waals surface area (Å²) in [6.45, 7) is 2.20. The Balaban J connectivity index is 1.37. The van der Waals surface area contributed by atoms with Gasteiger partial charge in [-0.05, 0) is 37.1 Å². The molecule has 1 fully saturated rings. The number of hydrogen-bond donors (Lipinski definition) is 1. The Morgan fingerprint density at radius 1 is 1.00 bits per heavy atom. The molecule has 7 heteroatoms. The lowest BCUT2D eigenvalue weighted by atomic mass is 9.97. The van der Waals surface area contributed by atoms with Crippen LogP contribution < -0.4 is 19.5 Å². The van der Waals surface area contributed by atoms with E-state index in [2.05, 4.69) is 5.32 Å². The molecule has 0 aromatic heterocycles. The van der Waals surface area contributed by atoms with E-state index in [0.29, 0.717) is 50.8 Å². The Morgan fingerprint density at radius 2 is 1.74 bits per heavy atom. The van der Waals surface area contributed by atoms with Crippen LogP contribution in [0.4, 0.5) is 0 Å². The van der Waals surface area contributed by atoms with Crippen molar-refractivity contribution in [2.45, 2.75) is 19.3 Å². The summed E-state index contributed by atoms with van der Waals surface area (Å²) in [4.78, 5) is 26.8. The predicted molar refractivity (Wildman–Crippen MR) is 117 cm³/mol. The number of carbonyl (C=O) groups is 2. The average Bonchev–Trinajstić information content (AvgIpc) is 2.82. The maximum Gasteiger partial charge on any atom is 0.226 e. The van der Waals surface area contributed by atoms with Crippen LogP contribution in [-0.4, -0.2) is 56.7 Å². The van der Waals surface area contributed by atoms with Gasteiger partial charge >= 0.3 is 0 Å². The first kappa shape index (κ1) is 22.5. The third kappa shape index (κ3) is 6.91. The highest BCUT2D eigenvalue weighted by atomic mass is 16.5. The second-order valence-electron chi connectivity index (χ2n) is 7.38. The highest BCUT2D eigenvalue weighted by molar-refractivity contribution is 5.81. The summed E-state index contributed by atoms with van der Waals surface area (Å²) in [5, 5.41) is 2.92. The quantitative estimate of drug-likeness (QED) is 0.591. The van der Waals surface area contributed by atoms with Crippen LogP contribution in [0.1, 0.15) is 19.3 Å². The van der Waals surface area contributed by atoms with Gasteiger partial charge in [0.15, 0.2) is 11.5 Å². The van der Waals surface area contributed by atoms with Gasteiger partial charge in [-0.1, -0.05) is 30.3 Å². The van der Waals surface area contributed by atoms with Gasteiger partial charge in [-0.3, -0.25) is 9.59 Å². The molecule has 166 valence electrons. The topological polar surface area (TPSA) is 77.1 Å². The highest BCUT2D eigenvalue weighted by Gasteiger charge is 2.28. The molecule has 3 rings (SSSR count). The van der Waals surface area contributed by atoms with E-state index in [4.69, 9.17) is 14.2 Å². The van der Waals surface area contributed by atoms with Crippen molar-refractivity contribution >= 4 is 11.8 Å². The fraction of sp³-hybridized carbons (Fsp3) is 0.417. The van der Waals surface area contributed by atoms with Crippen LogP contribution >= 0.6 is 0 Å². The smallest absolute Gasteiger partial charge is 0.226 e. The van der Waals surface area contributed by atoms with Crippen molar-refractivity contribution in [3.63, 3.8) is 0 Å². The molecule has 0 aliphatic carbocycles. The van der Waals surface area contributed by atoms with Gasteiger partial charge in [0.05, 0.1) is 32.6 Å². The van der Waals surface area contributed by atoms with E-state index in [0.717, 1.165) is 18.6 Å². The van der Waals surface area contributed by atoms with Crippen molar-refractivity contribution in [1.82, 2.24) is 10.2 Å². The molecular weight excluding hydrogens is 396 g/mol. The normalized spacial score (nSPS) is 15.8. The lowest BCUT2D eigenvalue weighted by molar-refractivity contribution is -0.136. The zero-order valence-corrected chi connectivity index (χ0v) is 17.9. The maximum absolute atomic E-state index is 12.5. The van der Waals surface area contributed by atoms with Gasteiger partial charge in [0.25, 0.3) is 0 Å². The molecule has 0 radical (unpaired) electrons. The number of nitrogens with one attached hydrogen (secondary N) is 1. The number of benzene rings is 2. The van der Waals surface area contributed by atoms with Gasteiger partial charge in [0, 0.05) is 13.1 Å². The zero-order valence-electron chi connectivity index (χ0n) is 17.9. The van der Waals surface area contributed by atoms with E-state index in [1.807, 2.05) is 54.6 Å². The van der Waals surface area contributed by atoms with Crippen LogP contribution in [0.15, 0.2) is 54.6 Å². The Hall–Kier alpha value is -3.22. The average molecular weight is 427 g/mol. The lowest BCUT2D eigenvalue weighted by Gasteiger charge is -2.32. The van der Waals surface area contributed by atoms with Crippen LogP contribution in [0, 0.1) is 5.92 Å². The van der Waals surface area contributed by atoms with Gasteiger partial charge in [0.2, 0.25) is 11.8 Å². The summed E-state index contributed by atoms with van der Waals surface area (Å²) in [5.74, 6) is 1.84. The van der Waals surface area contributed by atoms with Crippen LogP contribution in [0.3, 0.4) is 0 Å². The first-order valence-electron chi connectivity index (χ1n) is 10.7. The van der Waals surface area contributed by atoms with Crippen LogP contribution in [0.25, 0.3) is 0 Å². The van der Waals surface area contributed by atoms with Gasteiger partial charge in [-0.2, -0.15) is 0 Å². The Labute approximate surface area is 183 Å². The molecule has 2 amide bonds. The van der Waals surface area contributed by atoms with Gasteiger partial charge in [-0.15, -0.1) is 0 Å². The molecular formula is C24H30N2O5. The maximum atomic E-state index is 12.5. The molecule has 31 heavy (non-hydrogen) atoms. The fourth-order valence-electron chi connectivity index (χ4n) is 3.57. The summed E-state index contributed by atoms with van der Waals surface area (Å²) in [6, 6.07) is 16.8. The largest absolute Gasteiger partial charge is 0.493 e. The number of likely N-dealkylation sites (tertiary alicyclic amines) is 1. The van der Waals surface area contributed by atoms with E-state index < -0.39 is 0 Å².